The van der Waals surface area contributed by atoms with Gasteiger partial charge in [-0.1, -0.05) is 50.2 Å². The topological polar surface area (TPSA) is 90.7 Å². The van der Waals surface area contributed by atoms with Crippen molar-refractivity contribution in [2.75, 3.05) is 0 Å². The van der Waals surface area contributed by atoms with E-state index in [1.807, 2.05) is 26.0 Å². The van der Waals surface area contributed by atoms with Crippen molar-refractivity contribution in [3.8, 4) is 11.5 Å². The Kier molecular flexibility index (Phi) is 6.83. The first kappa shape index (κ1) is 20.0. The Morgan fingerprint density at radius 1 is 0.923 bits per heavy atom. The highest BCUT2D eigenvalue weighted by atomic mass is 31.2. The summed E-state index contributed by atoms with van der Waals surface area (Å²) in [5.41, 5.74) is 5.87. The second-order valence-electron chi connectivity index (χ2n) is 6.30. The second-order valence-corrected chi connectivity index (χ2v) is 8.52. The van der Waals surface area contributed by atoms with E-state index in [1.54, 1.807) is 55.5 Å². The molecular formula is C19H25N2O4P. The molecule has 0 aliphatic carbocycles. The first-order valence-corrected chi connectivity index (χ1v) is 10.1. The van der Waals surface area contributed by atoms with Crippen molar-refractivity contribution < 1.29 is 18.4 Å². The molecule has 0 unspecified atom stereocenters. The van der Waals surface area contributed by atoms with Gasteiger partial charge in [0.2, 0.25) is 5.91 Å². The largest absolute Gasteiger partial charge is 0.452 e. The van der Waals surface area contributed by atoms with Gasteiger partial charge >= 0.3 is 7.60 Å². The normalized spacial score (nSPS) is 13.7. The van der Waals surface area contributed by atoms with Gasteiger partial charge in [0.15, 0.2) is 5.78 Å². The van der Waals surface area contributed by atoms with Crippen LogP contribution in [0.1, 0.15) is 20.8 Å². The molecule has 140 valence electrons. The number of amides is 1. The fraction of sp³-hybridized carbons (Fsp3) is 0.316. The van der Waals surface area contributed by atoms with E-state index in [0.29, 0.717) is 11.5 Å². The lowest BCUT2D eigenvalue weighted by Gasteiger charge is -2.27. The van der Waals surface area contributed by atoms with Crippen LogP contribution in [0.25, 0.3) is 0 Å². The van der Waals surface area contributed by atoms with Crippen LogP contribution < -0.4 is 20.1 Å². The van der Waals surface area contributed by atoms with Gasteiger partial charge in [0.25, 0.3) is 0 Å². The molecule has 2 aromatic rings. The van der Waals surface area contributed by atoms with E-state index >= 15 is 0 Å². The number of rotatable bonds is 8. The Balaban J connectivity index is 2.24. The fourth-order valence-electron chi connectivity index (χ4n) is 2.12. The molecule has 0 aliphatic rings. The minimum absolute atomic E-state index is 0.0494. The molecule has 2 atom stereocenters. The molecule has 0 aliphatic heterocycles. The Labute approximate surface area is 154 Å². The molecule has 0 aromatic heterocycles. The maximum absolute atomic E-state index is 13.5. The molecule has 0 fully saturated rings. The zero-order valence-electron chi connectivity index (χ0n) is 15.2. The van der Waals surface area contributed by atoms with Crippen molar-refractivity contribution >= 4 is 13.5 Å². The third-order valence-corrected chi connectivity index (χ3v) is 5.81. The van der Waals surface area contributed by atoms with Crippen molar-refractivity contribution in [1.82, 2.24) is 5.32 Å². The van der Waals surface area contributed by atoms with Crippen LogP contribution in [-0.2, 0) is 9.36 Å². The van der Waals surface area contributed by atoms with E-state index in [1.165, 1.54) is 0 Å². The van der Waals surface area contributed by atoms with E-state index in [0.717, 1.165) is 0 Å². The SMILES string of the molecule is CC(C)[C@H](N)C(=O)N[C@@H](C)P(=O)(Oc1ccccc1)Oc1ccccc1. The highest BCUT2D eigenvalue weighted by Crippen LogP contribution is 2.51. The summed E-state index contributed by atoms with van der Waals surface area (Å²) in [6.45, 7) is 5.27. The monoisotopic (exact) mass is 376 g/mol. The molecule has 1 amide bonds. The first-order chi connectivity index (χ1) is 12.3. The number of hydrogen-bond acceptors (Lipinski definition) is 5. The number of carbonyl (C=O) groups excluding carboxylic acids is 1. The average Bonchev–Trinajstić information content (AvgIpc) is 2.62. The predicted octanol–water partition coefficient (Wildman–Crippen LogP) is 3.78. The van der Waals surface area contributed by atoms with Crippen molar-refractivity contribution in [3.05, 3.63) is 60.7 Å². The number of carbonyl (C=O) groups is 1. The van der Waals surface area contributed by atoms with E-state index in [9.17, 15) is 9.36 Å². The summed E-state index contributed by atoms with van der Waals surface area (Å²) in [4.78, 5) is 12.3. The standard InChI is InChI=1S/C19H25N2O4P/c1-14(2)18(20)19(22)21-15(3)26(23,24-16-10-6-4-7-11-16)25-17-12-8-5-9-13-17/h4-15,18H,20H2,1-3H3,(H,21,22)/t15-,18+/m1/s1. The molecule has 0 saturated heterocycles. The van der Waals surface area contributed by atoms with Gasteiger partial charge in [0.05, 0.1) is 6.04 Å². The highest BCUT2D eigenvalue weighted by Gasteiger charge is 2.38. The van der Waals surface area contributed by atoms with Crippen LogP contribution in [0.2, 0.25) is 0 Å². The van der Waals surface area contributed by atoms with Crippen molar-refractivity contribution in [2.24, 2.45) is 11.7 Å². The number of para-hydroxylation sites is 2. The average molecular weight is 376 g/mol. The summed E-state index contributed by atoms with van der Waals surface area (Å²) in [5.74, 6) is -0.560. The van der Waals surface area contributed by atoms with Crippen LogP contribution in [0.15, 0.2) is 60.7 Å². The summed E-state index contributed by atoms with van der Waals surface area (Å²) in [7, 11) is -3.77. The molecule has 0 radical (unpaired) electrons. The first-order valence-electron chi connectivity index (χ1n) is 8.47. The van der Waals surface area contributed by atoms with Gasteiger partial charge in [-0.05, 0) is 37.1 Å². The zero-order valence-corrected chi connectivity index (χ0v) is 16.1. The maximum atomic E-state index is 13.5. The molecule has 0 bridgehead atoms. The van der Waals surface area contributed by atoms with Gasteiger partial charge in [-0.2, -0.15) is 0 Å². The van der Waals surface area contributed by atoms with Gasteiger partial charge in [0, 0.05) is 0 Å². The van der Waals surface area contributed by atoms with Crippen molar-refractivity contribution in [1.29, 1.82) is 0 Å². The molecule has 2 rings (SSSR count). The van der Waals surface area contributed by atoms with E-state index in [2.05, 4.69) is 5.32 Å². The summed E-state index contributed by atoms with van der Waals surface area (Å²) >= 11 is 0. The van der Waals surface area contributed by atoms with Gasteiger partial charge in [-0.3, -0.25) is 4.79 Å². The van der Waals surface area contributed by atoms with Crippen molar-refractivity contribution in [3.63, 3.8) is 0 Å². The number of benzene rings is 2. The number of nitrogens with two attached hydrogens (primary N) is 1. The summed E-state index contributed by atoms with van der Waals surface area (Å²) in [5, 5.41) is 2.67. The van der Waals surface area contributed by atoms with Crippen LogP contribution in [0.3, 0.4) is 0 Å². The third kappa shape index (κ3) is 5.35. The number of nitrogens with one attached hydrogen (secondary N) is 1. The lowest BCUT2D eigenvalue weighted by molar-refractivity contribution is -0.123. The summed E-state index contributed by atoms with van der Waals surface area (Å²) < 4.78 is 24.9. The van der Waals surface area contributed by atoms with Crippen LogP contribution in [-0.4, -0.2) is 17.7 Å². The summed E-state index contributed by atoms with van der Waals surface area (Å²) in [6.07, 6.45) is 0. The molecule has 26 heavy (non-hydrogen) atoms. The molecule has 0 saturated carbocycles. The quantitative estimate of drug-likeness (QED) is 0.684. The third-order valence-electron chi connectivity index (χ3n) is 3.80. The van der Waals surface area contributed by atoms with Crippen molar-refractivity contribution in [2.45, 2.75) is 32.6 Å². The molecule has 2 aromatic carbocycles. The Morgan fingerprint density at radius 3 is 1.73 bits per heavy atom. The zero-order chi connectivity index (χ0) is 19.2. The van der Waals surface area contributed by atoms with Crippen LogP contribution in [0.4, 0.5) is 0 Å². The van der Waals surface area contributed by atoms with Gasteiger partial charge in [0.1, 0.15) is 11.5 Å². The lowest BCUT2D eigenvalue weighted by atomic mass is 10.1. The van der Waals surface area contributed by atoms with Crippen LogP contribution in [0, 0.1) is 5.92 Å². The Hall–Kier alpha value is -2.30. The van der Waals surface area contributed by atoms with Crippen LogP contribution >= 0.6 is 7.60 Å². The van der Waals surface area contributed by atoms with E-state index in [-0.39, 0.29) is 5.92 Å². The van der Waals surface area contributed by atoms with Gasteiger partial charge < -0.3 is 20.1 Å². The molecule has 0 spiro atoms. The Bertz CT molecular complexity index is 707. The molecule has 7 heteroatoms. The molecule has 0 heterocycles. The Morgan fingerprint density at radius 2 is 1.35 bits per heavy atom. The minimum atomic E-state index is -3.77. The maximum Gasteiger partial charge on any atom is 0.452 e. The highest BCUT2D eigenvalue weighted by molar-refractivity contribution is 7.55. The minimum Gasteiger partial charge on any atom is -0.415 e. The molecule has 3 N–H and O–H groups in total. The van der Waals surface area contributed by atoms with Gasteiger partial charge in [-0.15, -0.1) is 0 Å². The molecular weight excluding hydrogens is 351 g/mol. The second kappa shape index (κ2) is 8.88. The van der Waals surface area contributed by atoms with Crippen LogP contribution in [0.5, 0.6) is 11.5 Å². The lowest BCUT2D eigenvalue weighted by Crippen LogP contribution is -2.47. The van der Waals surface area contributed by atoms with Gasteiger partial charge in [-0.25, -0.2) is 4.57 Å². The molecule has 6 nitrogen and oxygen atoms in total. The predicted molar refractivity (Wildman–Crippen MR) is 102 cm³/mol. The number of hydrogen-bond donors (Lipinski definition) is 2. The smallest absolute Gasteiger partial charge is 0.415 e. The van der Waals surface area contributed by atoms with E-state index < -0.39 is 25.3 Å². The van der Waals surface area contributed by atoms with E-state index in [4.69, 9.17) is 14.8 Å². The fourth-order valence-corrected chi connectivity index (χ4v) is 3.59. The summed E-state index contributed by atoms with van der Waals surface area (Å²) in [6, 6.07) is 16.7.